The average Bonchev–Trinajstić information content (AvgIpc) is 2.37. The van der Waals surface area contributed by atoms with E-state index in [2.05, 4.69) is 4.98 Å². The van der Waals surface area contributed by atoms with Crippen molar-refractivity contribution in [1.29, 1.82) is 0 Å². The van der Waals surface area contributed by atoms with Crippen LogP contribution in [0.2, 0.25) is 0 Å². The molecule has 2 nitrogen and oxygen atoms in total. The molecule has 0 bridgehead atoms. The Morgan fingerprint density at radius 1 is 0.857 bits per heavy atom. The molecule has 0 unspecified atom stereocenters. The number of pyridine rings is 1. The van der Waals surface area contributed by atoms with E-state index in [0.717, 1.165) is 18.2 Å². The molecule has 0 aliphatic rings. The van der Waals surface area contributed by atoms with Crippen molar-refractivity contribution in [2.24, 2.45) is 0 Å². The Morgan fingerprint density at radius 2 is 1.48 bits per heavy atom. The Morgan fingerprint density at radius 3 is 2.05 bits per heavy atom. The van der Waals surface area contributed by atoms with Gasteiger partial charge in [0.05, 0.1) is 11.1 Å². The fraction of sp³-hybridized carbons (Fsp3) is 0.154. The standard InChI is InChI=1S/C13H8F6N2/c14-12(15,16)7-5-9(11(20)21-6-7)8-3-1-2-4-10(8)13(17,18)19/h1-6H,(H2,20,21). The summed E-state index contributed by atoms with van der Waals surface area (Å²) in [6.07, 6.45) is -8.95. The first-order valence-corrected chi connectivity index (χ1v) is 5.60. The van der Waals surface area contributed by atoms with Gasteiger partial charge in [-0.2, -0.15) is 26.3 Å². The van der Waals surface area contributed by atoms with Crippen LogP contribution in [0, 0.1) is 0 Å². The first kappa shape index (κ1) is 15.1. The van der Waals surface area contributed by atoms with Gasteiger partial charge in [-0.3, -0.25) is 0 Å². The van der Waals surface area contributed by atoms with Crippen molar-refractivity contribution in [1.82, 2.24) is 4.98 Å². The van der Waals surface area contributed by atoms with Crippen molar-refractivity contribution in [3.05, 3.63) is 47.7 Å². The fourth-order valence-electron chi connectivity index (χ4n) is 1.81. The monoisotopic (exact) mass is 306 g/mol. The van der Waals surface area contributed by atoms with Crippen LogP contribution < -0.4 is 5.73 Å². The van der Waals surface area contributed by atoms with Gasteiger partial charge in [0.2, 0.25) is 0 Å². The maximum Gasteiger partial charge on any atom is 0.417 e. The van der Waals surface area contributed by atoms with Gasteiger partial charge >= 0.3 is 12.4 Å². The van der Waals surface area contributed by atoms with Crippen molar-refractivity contribution in [2.75, 3.05) is 5.73 Å². The highest BCUT2D eigenvalue weighted by atomic mass is 19.4. The highest BCUT2D eigenvalue weighted by Gasteiger charge is 2.35. The molecule has 0 radical (unpaired) electrons. The van der Waals surface area contributed by atoms with E-state index in [1.165, 1.54) is 6.07 Å². The van der Waals surface area contributed by atoms with Crippen LogP contribution in [-0.2, 0) is 12.4 Å². The van der Waals surface area contributed by atoms with Gasteiger partial charge in [0.15, 0.2) is 0 Å². The topological polar surface area (TPSA) is 38.9 Å². The van der Waals surface area contributed by atoms with Gasteiger partial charge in [0.1, 0.15) is 5.82 Å². The summed E-state index contributed by atoms with van der Waals surface area (Å²) in [6, 6.07) is 4.81. The first-order chi connectivity index (χ1) is 9.60. The summed E-state index contributed by atoms with van der Waals surface area (Å²) in [7, 11) is 0. The second-order valence-corrected chi connectivity index (χ2v) is 4.20. The van der Waals surface area contributed by atoms with E-state index in [0.29, 0.717) is 12.3 Å². The van der Waals surface area contributed by atoms with Gasteiger partial charge in [-0.15, -0.1) is 0 Å². The molecule has 0 saturated carbocycles. The van der Waals surface area contributed by atoms with E-state index >= 15 is 0 Å². The van der Waals surface area contributed by atoms with Gasteiger partial charge in [-0.05, 0) is 17.7 Å². The first-order valence-electron chi connectivity index (χ1n) is 5.60. The summed E-state index contributed by atoms with van der Waals surface area (Å²) in [4.78, 5) is 3.34. The molecule has 2 aromatic rings. The number of halogens is 6. The molecule has 0 saturated heterocycles. The SMILES string of the molecule is Nc1ncc(C(F)(F)F)cc1-c1ccccc1C(F)(F)F. The normalized spacial score (nSPS) is 12.5. The molecule has 8 heteroatoms. The predicted octanol–water partition coefficient (Wildman–Crippen LogP) is 4.37. The zero-order valence-corrected chi connectivity index (χ0v) is 10.3. The Kier molecular flexibility index (Phi) is 3.56. The lowest BCUT2D eigenvalue weighted by molar-refractivity contribution is -0.138. The molecular weight excluding hydrogens is 298 g/mol. The van der Waals surface area contributed by atoms with E-state index in [1.807, 2.05) is 0 Å². The molecule has 2 N–H and O–H groups in total. The second-order valence-electron chi connectivity index (χ2n) is 4.20. The van der Waals surface area contributed by atoms with Gasteiger partial charge < -0.3 is 5.73 Å². The molecule has 1 aromatic heterocycles. The molecular formula is C13H8F6N2. The Hall–Kier alpha value is -2.25. The Balaban J connectivity index is 2.68. The molecule has 0 atom stereocenters. The van der Waals surface area contributed by atoms with Gasteiger partial charge in [-0.25, -0.2) is 4.98 Å². The predicted molar refractivity (Wildman–Crippen MR) is 64.1 cm³/mol. The van der Waals surface area contributed by atoms with E-state index in [4.69, 9.17) is 5.73 Å². The van der Waals surface area contributed by atoms with Crippen LogP contribution in [0.4, 0.5) is 32.2 Å². The number of anilines is 1. The molecule has 1 heterocycles. The number of nitrogen functional groups attached to an aromatic ring is 1. The molecule has 112 valence electrons. The third-order valence-corrected chi connectivity index (χ3v) is 2.77. The largest absolute Gasteiger partial charge is 0.417 e. The second kappa shape index (κ2) is 4.94. The van der Waals surface area contributed by atoms with Crippen LogP contribution in [0.5, 0.6) is 0 Å². The molecule has 0 fully saturated rings. The molecule has 1 aromatic carbocycles. The minimum absolute atomic E-state index is 0.403. The number of rotatable bonds is 1. The summed E-state index contributed by atoms with van der Waals surface area (Å²) in [6.45, 7) is 0. The lowest BCUT2D eigenvalue weighted by Crippen LogP contribution is -2.10. The minimum Gasteiger partial charge on any atom is -0.383 e. The van der Waals surface area contributed by atoms with E-state index in [9.17, 15) is 26.3 Å². The summed E-state index contributed by atoms with van der Waals surface area (Å²) in [5.74, 6) is -0.403. The number of aromatic nitrogens is 1. The van der Waals surface area contributed by atoms with Gasteiger partial charge in [0, 0.05) is 11.8 Å². The number of hydrogen-bond donors (Lipinski definition) is 1. The smallest absolute Gasteiger partial charge is 0.383 e. The molecule has 0 aliphatic heterocycles. The molecule has 0 amide bonds. The summed E-state index contributed by atoms with van der Waals surface area (Å²) >= 11 is 0. The lowest BCUT2D eigenvalue weighted by Gasteiger charge is -2.15. The van der Waals surface area contributed by atoms with Gasteiger partial charge in [0.25, 0.3) is 0 Å². The number of nitrogens with zero attached hydrogens (tertiary/aromatic N) is 1. The van der Waals surface area contributed by atoms with Crippen LogP contribution in [0.1, 0.15) is 11.1 Å². The quantitative estimate of drug-likeness (QED) is 0.795. The molecule has 0 spiro atoms. The summed E-state index contributed by atoms with van der Waals surface area (Å²) in [5, 5.41) is 0. The maximum absolute atomic E-state index is 12.9. The minimum atomic E-state index is -4.72. The van der Waals surface area contributed by atoms with Crippen LogP contribution in [0.3, 0.4) is 0 Å². The third kappa shape index (κ3) is 3.09. The number of benzene rings is 1. The summed E-state index contributed by atoms with van der Waals surface area (Å²) < 4.78 is 76.7. The average molecular weight is 306 g/mol. The molecule has 2 rings (SSSR count). The van der Waals surface area contributed by atoms with E-state index in [-0.39, 0.29) is 0 Å². The summed E-state index contributed by atoms with van der Waals surface area (Å²) in [5.41, 5.74) is 2.35. The number of nitrogens with two attached hydrogens (primary N) is 1. The van der Waals surface area contributed by atoms with Crippen molar-refractivity contribution >= 4 is 5.82 Å². The van der Waals surface area contributed by atoms with Crippen LogP contribution in [0.15, 0.2) is 36.5 Å². The van der Waals surface area contributed by atoms with Crippen molar-refractivity contribution < 1.29 is 26.3 Å². The van der Waals surface area contributed by atoms with Crippen molar-refractivity contribution in [3.8, 4) is 11.1 Å². The van der Waals surface area contributed by atoms with Crippen LogP contribution >= 0.6 is 0 Å². The lowest BCUT2D eigenvalue weighted by atomic mass is 9.98. The highest BCUT2D eigenvalue weighted by Crippen LogP contribution is 2.40. The zero-order chi connectivity index (χ0) is 15.8. The van der Waals surface area contributed by atoms with Crippen LogP contribution in [-0.4, -0.2) is 4.98 Å². The number of alkyl halides is 6. The van der Waals surface area contributed by atoms with Gasteiger partial charge in [-0.1, -0.05) is 18.2 Å². The molecule has 21 heavy (non-hydrogen) atoms. The van der Waals surface area contributed by atoms with E-state index < -0.39 is 40.4 Å². The maximum atomic E-state index is 12.9. The fourth-order valence-corrected chi connectivity index (χ4v) is 1.81. The van der Waals surface area contributed by atoms with E-state index in [1.54, 1.807) is 0 Å². The van der Waals surface area contributed by atoms with Crippen molar-refractivity contribution in [3.63, 3.8) is 0 Å². The Bertz CT molecular complexity index is 660. The van der Waals surface area contributed by atoms with Crippen LogP contribution in [0.25, 0.3) is 11.1 Å². The number of hydrogen-bond acceptors (Lipinski definition) is 2. The molecule has 0 aliphatic carbocycles. The zero-order valence-electron chi connectivity index (χ0n) is 10.3. The van der Waals surface area contributed by atoms with Crippen molar-refractivity contribution in [2.45, 2.75) is 12.4 Å². The highest BCUT2D eigenvalue weighted by molar-refractivity contribution is 5.77. The third-order valence-electron chi connectivity index (χ3n) is 2.77. The Labute approximate surface area is 115 Å².